The van der Waals surface area contributed by atoms with E-state index in [4.69, 9.17) is 9.72 Å². The number of rotatable bonds is 5. The number of hydrogen-bond acceptors (Lipinski definition) is 5. The largest absolute Gasteiger partial charge is 0.384 e. The van der Waals surface area contributed by atoms with Crippen LogP contribution < -0.4 is 5.56 Å². The summed E-state index contributed by atoms with van der Waals surface area (Å²) >= 11 is 3.20. The van der Waals surface area contributed by atoms with Crippen LogP contribution in [-0.4, -0.2) is 29.0 Å². The van der Waals surface area contributed by atoms with Crippen molar-refractivity contribution in [3.05, 3.63) is 75.4 Å². The highest BCUT2D eigenvalue weighted by Gasteiger charge is 2.27. The van der Waals surface area contributed by atoms with Gasteiger partial charge in [0.1, 0.15) is 4.83 Å². The second-order valence-corrected chi connectivity index (χ2v) is 8.77. The first kappa shape index (κ1) is 17.7. The second kappa shape index (κ2) is 7.20. The molecule has 5 rings (SSSR count). The van der Waals surface area contributed by atoms with Gasteiger partial charge in [0.05, 0.1) is 17.7 Å². The van der Waals surface area contributed by atoms with Crippen molar-refractivity contribution in [3.63, 3.8) is 0 Å². The number of para-hydroxylation sites is 1. The van der Waals surface area contributed by atoms with Gasteiger partial charge in [-0.25, -0.2) is 4.98 Å². The molecule has 0 fully saturated rings. The average molecular weight is 407 g/mol. The Labute approximate surface area is 170 Å². The van der Waals surface area contributed by atoms with Gasteiger partial charge < -0.3 is 4.74 Å². The van der Waals surface area contributed by atoms with Gasteiger partial charge in [0.25, 0.3) is 5.56 Å². The highest BCUT2D eigenvalue weighted by Crippen LogP contribution is 2.45. The molecule has 1 aliphatic rings. The first-order valence-corrected chi connectivity index (χ1v) is 10.9. The molecule has 0 atom stereocenters. The third-order valence-electron chi connectivity index (χ3n) is 4.94. The zero-order chi connectivity index (χ0) is 19.1. The Bertz CT molecular complexity index is 1230. The van der Waals surface area contributed by atoms with Crippen molar-refractivity contribution in [1.82, 2.24) is 9.55 Å². The van der Waals surface area contributed by atoms with Crippen molar-refractivity contribution >= 4 is 33.3 Å². The molecule has 2 heterocycles. The van der Waals surface area contributed by atoms with Crippen molar-refractivity contribution in [2.45, 2.75) is 11.6 Å². The summed E-state index contributed by atoms with van der Waals surface area (Å²) in [5.41, 5.74) is 4.38. The Hall–Kier alpha value is -2.41. The fourth-order valence-electron chi connectivity index (χ4n) is 3.70. The number of fused-ring (bicyclic) bond motifs is 5. The second-order valence-electron chi connectivity index (χ2n) is 6.63. The fraction of sp³-hybridized carbons (Fsp3) is 0.182. The highest BCUT2D eigenvalue weighted by atomic mass is 32.2. The van der Waals surface area contributed by atoms with Gasteiger partial charge >= 0.3 is 0 Å². The van der Waals surface area contributed by atoms with E-state index in [2.05, 4.69) is 18.2 Å². The molecule has 0 aliphatic heterocycles. The van der Waals surface area contributed by atoms with Crippen LogP contribution in [0.25, 0.3) is 27.0 Å². The number of aromatic nitrogens is 2. The highest BCUT2D eigenvalue weighted by molar-refractivity contribution is 7.99. The molecule has 4 nitrogen and oxygen atoms in total. The topological polar surface area (TPSA) is 44.1 Å². The van der Waals surface area contributed by atoms with Gasteiger partial charge in [-0.2, -0.15) is 0 Å². The smallest absolute Gasteiger partial charge is 0.268 e. The fourth-order valence-corrected chi connectivity index (χ4v) is 5.86. The lowest BCUT2D eigenvalue weighted by atomic mass is 10.1. The third-order valence-corrected chi connectivity index (χ3v) is 6.93. The van der Waals surface area contributed by atoms with Crippen LogP contribution in [-0.2, 0) is 11.2 Å². The Morgan fingerprint density at radius 3 is 2.75 bits per heavy atom. The molecule has 0 radical (unpaired) electrons. The minimum Gasteiger partial charge on any atom is -0.384 e. The summed E-state index contributed by atoms with van der Waals surface area (Å²) in [6.45, 7) is 0.613. The summed E-state index contributed by atoms with van der Waals surface area (Å²) in [5.74, 6) is 0.745. The van der Waals surface area contributed by atoms with E-state index in [-0.39, 0.29) is 5.56 Å². The molecule has 0 saturated carbocycles. The van der Waals surface area contributed by atoms with E-state index in [9.17, 15) is 4.79 Å². The first-order chi connectivity index (χ1) is 13.8. The van der Waals surface area contributed by atoms with Crippen molar-refractivity contribution in [2.75, 3.05) is 19.5 Å². The number of benzene rings is 2. The molecule has 0 bridgehead atoms. The van der Waals surface area contributed by atoms with E-state index in [1.54, 1.807) is 34.8 Å². The van der Waals surface area contributed by atoms with E-state index in [0.717, 1.165) is 33.6 Å². The zero-order valence-electron chi connectivity index (χ0n) is 15.3. The zero-order valence-corrected chi connectivity index (χ0v) is 17.0. The standard InChI is InChI=1S/C22H18N2O2S2/c1-26-11-12-27-22-23-20-19(21(25)24(22)15-8-3-2-4-9-15)18-16-10-6-5-7-14(16)13-17(18)28-20/h2-10H,11-13H2,1H3. The lowest BCUT2D eigenvalue weighted by molar-refractivity contribution is 0.218. The van der Waals surface area contributed by atoms with Crippen molar-refractivity contribution in [2.24, 2.45) is 0 Å². The Morgan fingerprint density at radius 2 is 1.93 bits per heavy atom. The van der Waals surface area contributed by atoms with Crippen molar-refractivity contribution < 1.29 is 4.74 Å². The van der Waals surface area contributed by atoms with E-state index in [0.29, 0.717) is 11.8 Å². The van der Waals surface area contributed by atoms with Gasteiger partial charge in [-0.1, -0.05) is 54.2 Å². The maximum atomic E-state index is 13.7. The molecule has 2 aromatic heterocycles. The molecular weight excluding hydrogens is 388 g/mol. The maximum Gasteiger partial charge on any atom is 0.268 e. The SMILES string of the molecule is COCCSc1nc2sc3c(c2c(=O)n1-c1ccccc1)-c1ccccc1C3. The van der Waals surface area contributed by atoms with Crippen LogP contribution in [0.5, 0.6) is 0 Å². The molecule has 0 saturated heterocycles. The molecule has 4 aromatic rings. The van der Waals surface area contributed by atoms with Crippen LogP contribution >= 0.6 is 23.1 Å². The van der Waals surface area contributed by atoms with Crippen LogP contribution in [0.15, 0.2) is 64.5 Å². The molecule has 2 aromatic carbocycles. The van der Waals surface area contributed by atoms with Crippen LogP contribution in [0.3, 0.4) is 0 Å². The van der Waals surface area contributed by atoms with Crippen LogP contribution in [0.2, 0.25) is 0 Å². The Balaban J connectivity index is 1.78. The maximum absolute atomic E-state index is 13.7. The van der Waals surface area contributed by atoms with Crippen LogP contribution in [0, 0.1) is 0 Å². The molecule has 0 unspecified atom stereocenters. The summed E-state index contributed by atoms with van der Waals surface area (Å²) in [6, 6.07) is 18.1. The van der Waals surface area contributed by atoms with E-state index in [1.165, 1.54) is 16.0 Å². The van der Waals surface area contributed by atoms with Gasteiger partial charge in [0, 0.05) is 29.7 Å². The quantitative estimate of drug-likeness (QED) is 0.240. The van der Waals surface area contributed by atoms with E-state index in [1.807, 2.05) is 36.4 Å². The summed E-state index contributed by atoms with van der Waals surface area (Å²) < 4.78 is 6.93. The number of methoxy groups -OCH3 is 1. The summed E-state index contributed by atoms with van der Waals surface area (Å²) in [4.78, 5) is 20.7. The Morgan fingerprint density at radius 1 is 1.14 bits per heavy atom. The lowest BCUT2D eigenvalue weighted by Gasteiger charge is -2.12. The number of nitrogens with zero attached hydrogens (tertiary/aromatic N) is 2. The van der Waals surface area contributed by atoms with E-state index < -0.39 is 0 Å². The van der Waals surface area contributed by atoms with Gasteiger partial charge in [0.15, 0.2) is 5.16 Å². The van der Waals surface area contributed by atoms with Gasteiger partial charge in [-0.15, -0.1) is 11.3 Å². The van der Waals surface area contributed by atoms with Gasteiger partial charge in [0.2, 0.25) is 0 Å². The van der Waals surface area contributed by atoms with Gasteiger partial charge in [-0.05, 0) is 23.3 Å². The predicted octanol–water partition coefficient (Wildman–Crippen LogP) is 4.76. The molecule has 0 N–H and O–H groups in total. The molecule has 1 aliphatic carbocycles. The van der Waals surface area contributed by atoms with Crippen LogP contribution in [0.1, 0.15) is 10.4 Å². The number of hydrogen-bond donors (Lipinski definition) is 0. The van der Waals surface area contributed by atoms with Crippen molar-refractivity contribution in [3.8, 4) is 16.8 Å². The van der Waals surface area contributed by atoms with E-state index >= 15 is 0 Å². The molecule has 140 valence electrons. The average Bonchev–Trinajstić information content (AvgIpc) is 3.24. The predicted molar refractivity (Wildman–Crippen MR) is 116 cm³/mol. The number of thioether (sulfide) groups is 1. The number of thiophene rings is 1. The number of ether oxygens (including phenoxy) is 1. The molecule has 6 heteroatoms. The lowest BCUT2D eigenvalue weighted by Crippen LogP contribution is -2.21. The monoisotopic (exact) mass is 406 g/mol. The molecule has 0 amide bonds. The molecular formula is C22H18N2O2S2. The normalized spacial score (nSPS) is 12.3. The minimum atomic E-state index is 0.00493. The first-order valence-electron chi connectivity index (χ1n) is 9.12. The van der Waals surface area contributed by atoms with Gasteiger partial charge in [-0.3, -0.25) is 9.36 Å². The van der Waals surface area contributed by atoms with Crippen LogP contribution in [0.4, 0.5) is 0 Å². The molecule has 28 heavy (non-hydrogen) atoms. The minimum absolute atomic E-state index is 0.00493. The summed E-state index contributed by atoms with van der Waals surface area (Å²) in [5, 5.41) is 1.46. The third kappa shape index (κ3) is 2.80. The summed E-state index contributed by atoms with van der Waals surface area (Å²) in [7, 11) is 1.68. The molecule has 0 spiro atoms. The Kier molecular flexibility index (Phi) is 4.55. The summed E-state index contributed by atoms with van der Waals surface area (Å²) in [6.07, 6.45) is 0.878. The van der Waals surface area contributed by atoms with Crippen molar-refractivity contribution in [1.29, 1.82) is 0 Å².